The van der Waals surface area contributed by atoms with Gasteiger partial charge in [-0.2, -0.15) is 13.2 Å². The first-order chi connectivity index (χ1) is 13.1. The predicted octanol–water partition coefficient (Wildman–Crippen LogP) is 4.40. The van der Waals surface area contributed by atoms with Crippen LogP contribution in [0, 0.1) is 5.82 Å². The lowest BCUT2D eigenvalue weighted by atomic mass is 9.76. The second kappa shape index (κ2) is 6.82. The first kappa shape index (κ1) is 21.8. The van der Waals surface area contributed by atoms with Crippen LogP contribution in [0.2, 0.25) is 0 Å². The fourth-order valence-corrected chi connectivity index (χ4v) is 3.16. The monoisotopic (exact) mass is 410 g/mol. The molecule has 1 aliphatic rings. The molecule has 1 saturated heterocycles. The Balaban J connectivity index is 1.94. The quantitative estimate of drug-likeness (QED) is 0.603. The van der Waals surface area contributed by atoms with Crippen molar-refractivity contribution in [3.8, 4) is 0 Å². The number of halogens is 4. The van der Waals surface area contributed by atoms with E-state index in [-0.39, 0.29) is 16.6 Å². The third-order valence-electron chi connectivity index (χ3n) is 5.82. The SMILES string of the molecule is CC(O)(c1cccc(C(F)(F)F)c1)c1ccc(B2OC(C)(C)C(C)(C)O2)c(F)c1. The highest BCUT2D eigenvalue weighted by atomic mass is 19.4. The molecule has 1 unspecified atom stereocenters. The summed E-state index contributed by atoms with van der Waals surface area (Å²) >= 11 is 0. The molecular weight excluding hydrogens is 387 g/mol. The topological polar surface area (TPSA) is 38.7 Å². The molecule has 156 valence electrons. The molecule has 1 atom stereocenters. The van der Waals surface area contributed by atoms with Gasteiger partial charge in [0, 0.05) is 5.46 Å². The standard InChI is InChI=1S/C21H23BF4O3/c1-18(2)19(3,4)29-22(28-18)16-10-9-14(12-17(16)23)20(5,27)13-7-6-8-15(11-13)21(24,25)26/h6-12,27H,1-5H3. The van der Waals surface area contributed by atoms with Crippen molar-refractivity contribution >= 4 is 12.6 Å². The second-order valence-electron chi connectivity index (χ2n) is 8.48. The fraction of sp³-hybridized carbons (Fsp3) is 0.429. The lowest BCUT2D eigenvalue weighted by molar-refractivity contribution is -0.137. The molecule has 0 bridgehead atoms. The Morgan fingerprint density at radius 1 is 0.862 bits per heavy atom. The van der Waals surface area contributed by atoms with E-state index in [9.17, 15) is 22.7 Å². The molecule has 0 saturated carbocycles. The molecule has 0 aromatic heterocycles. The molecule has 8 heteroatoms. The van der Waals surface area contributed by atoms with Crippen molar-refractivity contribution in [1.82, 2.24) is 0 Å². The van der Waals surface area contributed by atoms with Crippen LogP contribution in [0.25, 0.3) is 0 Å². The summed E-state index contributed by atoms with van der Waals surface area (Å²) in [6.07, 6.45) is -4.54. The van der Waals surface area contributed by atoms with Crippen LogP contribution in [-0.2, 0) is 21.1 Å². The van der Waals surface area contributed by atoms with E-state index < -0.39 is 41.5 Å². The maximum absolute atomic E-state index is 14.9. The van der Waals surface area contributed by atoms with Gasteiger partial charge in [-0.1, -0.05) is 24.3 Å². The van der Waals surface area contributed by atoms with Crippen LogP contribution in [0.3, 0.4) is 0 Å². The Bertz CT molecular complexity index is 906. The van der Waals surface area contributed by atoms with E-state index in [1.54, 1.807) is 0 Å². The normalized spacial score (nSPS) is 20.6. The van der Waals surface area contributed by atoms with E-state index in [1.807, 2.05) is 27.7 Å². The van der Waals surface area contributed by atoms with Gasteiger partial charge < -0.3 is 14.4 Å². The van der Waals surface area contributed by atoms with Gasteiger partial charge in [-0.25, -0.2) is 4.39 Å². The zero-order valence-corrected chi connectivity index (χ0v) is 16.9. The minimum Gasteiger partial charge on any atom is -0.399 e. The average molecular weight is 410 g/mol. The van der Waals surface area contributed by atoms with Gasteiger partial charge in [0.05, 0.1) is 16.8 Å². The molecule has 29 heavy (non-hydrogen) atoms. The van der Waals surface area contributed by atoms with Crippen molar-refractivity contribution in [2.24, 2.45) is 0 Å². The molecular formula is C21H23BF4O3. The smallest absolute Gasteiger partial charge is 0.399 e. The number of hydrogen-bond donors (Lipinski definition) is 1. The van der Waals surface area contributed by atoms with Gasteiger partial charge in [0.15, 0.2) is 0 Å². The maximum atomic E-state index is 14.9. The summed E-state index contributed by atoms with van der Waals surface area (Å²) in [5.74, 6) is -0.673. The van der Waals surface area contributed by atoms with Gasteiger partial charge in [0.1, 0.15) is 11.4 Å². The summed E-state index contributed by atoms with van der Waals surface area (Å²) in [5.41, 5.74) is -3.71. The third kappa shape index (κ3) is 3.93. The maximum Gasteiger partial charge on any atom is 0.497 e. The van der Waals surface area contributed by atoms with Crippen LogP contribution in [0.15, 0.2) is 42.5 Å². The fourth-order valence-electron chi connectivity index (χ4n) is 3.16. The average Bonchev–Trinajstić information content (AvgIpc) is 2.81. The summed E-state index contributed by atoms with van der Waals surface area (Å²) in [5, 5.41) is 10.9. The Labute approximate surface area is 167 Å². The lowest BCUT2D eigenvalue weighted by Gasteiger charge is -2.32. The van der Waals surface area contributed by atoms with E-state index in [1.165, 1.54) is 31.2 Å². The van der Waals surface area contributed by atoms with Crippen molar-refractivity contribution < 1.29 is 32.0 Å². The molecule has 1 fully saturated rings. The predicted molar refractivity (Wildman–Crippen MR) is 102 cm³/mol. The van der Waals surface area contributed by atoms with Crippen molar-refractivity contribution in [1.29, 1.82) is 0 Å². The molecule has 1 N–H and O–H groups in total. The number of aliphatic hydroxyl groups is 1. The Hall–Kier alpha value is -1.90. The van der Waals surface area contributed by atoms with Crippen LogP contribution in [0.4, 0.5) is 17.6 Å². The van der Waals surface area contributed by atoms with Crippen LogP contribution < -0.4 is 5.46 Å². The Morgan fingerprint density at radius 3 is 1.90 bits per heavy atom. The summed E-state index contributed by atoms with van der Waals surface area (Å²) in [6, 6.07) is 8.35. The first-order valence-corrected chi connectivity index (χ1v) is 9.21. The second-order valence-corrected chi connectivity index (χ2v) is 8.48. The van der Waals surface area contributed by atoms with Gasteiger partial charge in [0.25, 0.3) is 0 Å². The summed E-state index contributed by atoms with van der Waals surface area (Å²) < 4.78 is 65.6. The number of rotatable bonds is 3. The molecule has 2 aromatic rings. The third-order valence-corrected chi connectivity index (χ3v) is 5.82. The number of alkyl halides is 3. The number of hydrogen-bond acceptors (Lipinski definition) is 3. The molecule has 1 aliphatic heterocycles. The van der Waals surface area contributed by atoms with E-state index in [4.69, 9.17) is 9.31 Å². The van der Waals surface area contributed by atoms with Gasteiger partial charge >= 0.3 is 13.3 Å². The van der Waals surface area contributed by atoms with E-state index >= 15 is 0 Å². The molecule has 3 rings (SSSR count). The van der Waals surface area contributed by atoms with E-state index in [2.05, 4.69) is 0 Å². The minimum absolute atomic E-state index is 0.00936. The van der Waals surface area contributed by atoms with Crippen molar-refractivity contribution in [3.05, 3.63) is 65.0 Å². The molecule has 0 radical (unpaired) electrons. The lowest BCUT2D eigenvalue weighted by Crippen LogP contribution is -2.41. The van der Waals surface area contributed by atoms with Crippen molar-refractivity contribution in [2.45, 2.75) is 57.6 Å². The zero-order chi connectivity index (χ0) is 21.8. The molecule has 0 amide bonds. The summed E-state index contributed by atoms with van der Waals surface area (Å²) in [6.45, 7) is 8.70. The van der Waals surface area contributed by atoms with Gasteiger partial charge in [0.2, 0.25) is 0 Å². The van der Waals surface area contributed by atoms with Crippen LogP contribution in [-0.4, -0.2) is 23.4 Å². The molecule has 0 spiro atoms. The summed E-state index contributed by atoms with van der Waals surface area (Å²) in [4.78, 5) is 0. The molecule has 0 aliphatic carbocycles. The highest BCUT2D eigenvalue weighted by Crippen LogP contribution is 2.38. The zero-order valence-electron chi connectivity index (χ0n) is 16.9. The Kier molecular flexibility index (Phi) is 5.13. The summed E-state index contributed by atoms with van der Waals surface area (Å²) in [7, 11) is -0.924. The highest BCUT2D eigenvalue weighted by Gasteiger charge is 2.52. The van der Waals surface area contributed by atoms with Gasteiger partial charge in [-0.15, -0.1) is 0 Å². The molecule has 2 aromatic carbocycles. The van der Waals surface area contributed by atoms with Crippen molar-refractivity contribution in [2.75, 3.05) is 0 Å². The van der Waals surface area contributed by atoms with Crippen molar-refractivity contribution in [3.63, 3.8) is 0 Å². The van der Waals surface area contributed by atoms with Gasteiger partial charge in [-0.3, -0.25) is 0 Å². The largest absolute Gasteiger partial charge is 0.497 e. The van der Waals surface area contributed by atoms with E-state index in [0.717, 1.165) is 18.2 Å². The van der Waals surface area contributed by atoms with Crippen LogP contribution in [0.5, 0.6) is 0 Å². The van der Waals surface area contributed by atoms with Crippen LogP contribution >= 0.6 is 0 Å². The molecule has 1 heterocycles. The number of benzene rings is 2. The molecule has 3 nitrogen and oxygen atoms in total. The first-order valence-electron chi connectivity index (χ1n) is 9.21. The van der Waals surface area contributed by atoms with Gasteiger partial charge in [-0.05, 0) is 63.9 Å². The van der Waals surface area contributed by atoms with E-state index in [0.29, 0.717) is 0 Å². The highest BCUT2D eigenvalue weighted by molar-refractivity contribution is 6.62. The Morgan fingerprint density at radius 2 is 1.38 bits per heavy atom. The minimum atomic E-state index is -4.54. The van der Waals surface area contributed by atoms with Crippen LogP contribution in [0.1, 0.15) is 51.3 Å².